The Labute approximate surface area is 101 Å². The zero-order valence-electron chi connectivity index (χ0n) is 10.7. The van der Waals surface area contributed by atoms with Crippen molar-refractivity contribution in [1.82, 2.24) is 0 Å². The van der Waals surface area contributed by atoms with Gasteiger partial charge in [-0.05, 0) is 24.0 Å². The minimum Gasteiger partial charge on any atom is -0.496 e. The molecule has 0 unspecified atom stereocenters. The molecule has 1 saturated carbocycles. The summed E-state index contributed by atoms with van der Waals surface area (Å²) in [6.07, 6.45) is 0. The third-order valence-electron chi connectivity index (χ3n) is 3.81. The second-order valence-electron chi connectivity index (χ2n) is 5.36. The Kier molecular flexibility index (Phi) is 2.64. The van der Waals surface area contributed by atoms with Crippen LogP contribution in [-0.2, 0) is 4.79 Å². The summed E-state index contributed by atoms with van der Waals surface area (Å²) in [5, 5.41) is 9.21. The molecule has 92 valence electrons. The second kappa shape index (κ2) is 3.76. The number of hydrogen-bond acceptors (Lipinski definition) is 2. The molecule has 0 bridgehead atoms. The van der Waals surface area contributed by atoms with E-state index in [1.54, 1.807) is 7.11 Å². The van der Waals surface area contributed by atoms with Crippen molar-refractivity contribution in [2.45, 2.75) is 26.7 Å². The van der Waals surface area contributed by atoms with E-state index in [0.29, 0.717) is 0 Å². The van der Waals surface area contributed by atoms with E-state index in [1.807, 2.05) is 39.0 Å². The Bertz CT molecular complexity index is 463. The molecule has 1 N–H and O–H groups in total. The minimum absolute atomic E-state index is 0.0508. The first-order chi connectivity index (χ1) is 7.89. The summed E-state index contributed by atoms with van der Waals surface area (Å²) in [6.45, 7) is 6.00. The first-order valence-electron chi connectivity index (χ1n) is 5.77. The fourth-order valence-corrected chi connectivity index (χ4v) is 2.78. The number of carboxylic acid groups (broad SMARTS) is 1. The Morgan fingerprint density at radius 2 is 2.06 bits per heavy atom. The van der Waals surface area contributed by atoms with Crippen molar-refractivity contribution in [2.75, 3.05) is 7.11 Å². The van der Waals surface area contributed by atoms with Gasteiger partial charge in [-0.25, -0.2) is 0 Å². The molecular weight excluding hydrogens is 216 g/mol. The van der Waals surface area contributed by atoms with Gasteiger partial charge in [0, 0.05) is 5.92 Å². The molecule has 0 saturated heterocycles. The summed E-state index contributed by atoms with van der Waals surface area (Å²) in [6, 6.07) is 5.93. The van der Waals surface area contributed by atoms with Crippen LogP contribution in [0.15, 0.2) is 18.2 Å². The normalized spacial score (nSPS) is 25.4. The molecule has 0 aromatic heterocycles. The van der Waals surface area contributed by atoms with Crippen LogP contribution in [0.25, 0.3) is 0 Å². The van der Waals surface area contributed by atoms with Gasteiger partial charge in [0.1, 0.15) is 5.75 Å². The van der Waals surface area contributed by atoms with Crippen molar-refractivity contribution >= 4 is 5.97 Å². The highest BCUT2D eigenvalue weighted by atomic mass is 16.5. The number of methoxy groups -OCH3 is 1. The summed E-state index contributed by atoms with van der Waals surface area (Å²) in [5.41, 5.74) is 1.96. The first-order valence-corrected chi connectivity index (χ1v) is 5.77. The lowest BCUT2D eigenvalue weighted by Crippen LogP contribution is -2.03. The van der Waals surface area contributed by atoms with Crippen molar-refractivity contribution in [1.29, 1.82) is 0 Å². The number of ether oxygens (including phenoxy) is 1. The third-order valence-corrected chi connectivity index (χ3v) is 3.81. The van der Waals surface area contributed by atoms with Gasteiger partial charge in [-0.15, -0.1) is 0 Å². The molecule has 0 amide bonds. The molecule has 1 aliphatic rings. The van der Waals surface area contributed by atoms with Crippen molar-refractivity contribution in [3.05, 3.63) is 29.3 Å². The Hall–Kier alpha value is -1.51. The van der Waals surface area contributed by atoms with Crippen LogP contribution in [0, 0.1) is 18.3 Å². The summed E-state index contributed by atoms with van der Waals surface area (Å²) < 4.78 is 5.33. The minimum atomic E-state index is -0.719. The van der Waals surface area contributed by atoms with Gasteiger partial charge in [0.05, 0.1) is 13.0 Å². The van der Waals surface area contributed by atoms with Crippen molar-refractivity contribution in [3.8, 4) is 5.75 Å². The van der Waals surface area contributed by atoms with E-state index in [0.717, 1.165) is 16.9 Å². The maximum absolute atomic E-state index is 11.2. The number of carboxylic acids is 1. The fraction of sp³-hybridized carbons (Fsp3) is 0.500. The van der Waals surface area contributed by atoms with Gasteiger partial charge < -0.3 is 9.84 Å². The second-order valence-corrected chi connectivity index (χ2v) is 5.36. The molecule has 1 aromatic carbocycles. The van der Waals surface area contributed by atoms with Gasteiger partial charge >= 0.3 is 5.97 Å². The quantitative estimate of drug-likeness (QED) is 0.874. The first kappa shape index (κ1) is 12.0. The van der Waals surface area contributed by atoms with Crippen molar-refractivity contribution < 1.29 is 14.6 Å². The Morgan fingerprint density at radius 1 is 1.41 bits per heavy atom. The van der Waals surface area contributed by atoms with Crippen LogP contribution in [0.1, 0.15) is 30.9 Å². The molecule has 3 heteroatoms. The number of benzene rings is 1. The number of aliphatic carboxylic acids is 1. The zero-order valence-corrected chi connectivity index (χ0v) is 10.7. The molecule has 3 nitrogen and oxygen atoms in total. The van der Waals surface area contributed by atoms with Gasteiger partial charge in [0.2, 0.25) is 0 Å². The number of carbonyl (C=O) groups is 1. The van der Waals surface area contributed by atoms with E-state index < -0.39 is 5.97 Å². The van der Waals surface area contributed by atoms with Crippen LogP contribution < -0.4 is 4.74 Å². The predicted octanol–water partition coefficient (Wildman–Crippen LogP) is 2.83. The van der Waals surface area contributed by atoms with Gasteiger partial charge in [-0.1, -0.05) is 31.5 Å². The molecule has 0 heterocycles. The molecule has 2 atom stereocenters. The summed E-state index contributed by atoms with van der Waals surface area (Å²) in [7, 11) is 1.62. The van der Waals surface area contributed by atoms with Crippen LogP contribution in [-0.4, -0.2) is 18.2 Å². The highest BCUT2D eigenvalue weighted by Gasteiger charge is 2.63. The molecule has 1 aromatic rings. The number of rotatable bonds is 3. The Morgan fingerprint density at radius 3 is 2.53 bits per heavy atom. The van der Waals surface area contributed by atoms with E-state index in [4.69, 9.17) is 4.74 Å². The lowest BCUT2D eigenvalue weighted by molar-refractivity contribution is -0.139. The average Bonchev–Trinajstić information content (AvgIpc) is 2.81. The van der Waals surface area contributed by atoms with Crippen LogP contribution in [0.3, 0.4) is 0 Å². The number of hydrogen-bond donors (Lipinski definition) is 1. The predicted molar refractivity (Wildman–Crippen MR) is 65.4 cm³/mol. The van der Waals surface area contributed by atoms with Crippen LogP contribution in [0.5, 0.6) is 5.75 Å². The summed E-state index contributed by atoms with van der Waals surface area (Å²) in [5.74, 6) is -0.186. The van der Waals surface area contributed by atoms with E-state index >= 15 is 0 Å². The van der Waals surface area contributed by atoms with Gasteiger partial charge in [0.15, 0.2) is 0 Å². The Balaban J connectivity index is 2.42. The topological polar surface area (TPSA) is 46.5 Å². The largest absolute Gasteiger partial charge is 0.496 e. The van der Waals surface area contributed by atoms with Crippen LogP contribution in [0.4, 0.5) is 0 Å². The standard InChI is InChI=1S/C14H18O3/c1-8-5-6-10(17-4)9(7-8)11-12(13(15)16)14(11,2)3/h5-7,11-12H,1-4H3,(H,15,16)/t11-,12+/m1/s1. The molecule has 0 spiro atoms. The molecule has 2 rings (SSSR count). The van der Waals surface area contributed by atoms with Crippen LogP contribution in [0.2, 0.25) is 0 Å². The van der Waals surface area contributed by atoms with Crippen molar-refractivity contribution in [2.24, 2.45) is 11.3 Å². The third kappa shape index (κ3) is 1.79. The number of aryl methyl sites for hydroxylation is 1. The van der Waals surface area contributed by atoms with Crippen LogP contribution >= 0.6 is 0 Å². The van der Waals surface area contributed by atoms with E-state index in [2.05, 4.69) is 0 Å². The van der Waals surface area contributed by atoms with E-state index in [1.165, 1.54) is 0 Å². The summed E-state index contributed by atoms with van der Waals surface area (Å²) in [4.78, 5) is 11.2. The maximum atomic E-state index is 11.2. The smallest absolute Gasteiger partial charge is 0.307 e. The lowest BCUT2D eigenvalue weighted by Gasteiger charge is -2.10. The van der Waals surface area contributed by atoms with E-state index in [-0.39, 0.29) is 17.3 Å². The van der Waals surface area contributed by atoms with Gasteiger partial charge in [0.25, 0.3) is 0 Å². The van der Waals surface area contributed by atoms with E-state index in [9.17, 15) is 9.90 Å². The van der Waals surface area contributed by atoms with Gasteiger partial charge in [-0.2, -0.15) is 0 Å². The fourth-order valence-electron chi connectivity index (χ4n) is 2.78. The molecule has 1 fully saturated rings. The molecule has 0 radical (unpaired) electrons. The molecular formula is C14H18O3. The average molecular weight is 234 g/mol. The summed E-state index contributed by atoms with van der Waals surface area (Å²) >= 11 is 0. The van der Waals surface area contributed by atoms with Gasteiger partial charge in [-0.3, -0.25) is 4.79 Å². The van der Waals surface area contributed by atoms with Crippen molar-refractivity contribution in [3.63, 3.8) is 0 Å². The monoisotopic (exact) mass is 234 g/mol. The maximum Gasteiger partial charge on any atom is 0.307 e. The SMILES string of the molecule is COc1ccc(C)cc1[C@@H]1[C@@H](C(=O)O)C1(C)C. The lowest BCUT2D eigenvalue weighted by atomic mass is 10.0. The molecule has 0 aliphatic heterocycles. The highest BCUT2D eigenvalue weighted by molar-refractivity contribution is 5.78. The zero-order chi connectivity index (χ0) is 12.8. The molecule has 17 heavy (non-hydrogen) atoms. The highest BCUT2D eigenvalue weighted by Crippen LogP contribution is 2.65. The molecule has 1 aliphatic carbocycles.